The van der Waals surface area contributed by atoms with Gasteiger partial charge in [0.1, 0.15) is 11.2 Å². The molecule has 0 aliphatic carbocycles. The summed E-state index contributed by atoms with van der Waals surface area (Å²) in [4.78, 5) is 4.78. The van der Waals surface area contributed by atoms with E-state index in [0.29, 0.717) is 0 Å². The Labute approximate surface area is 308 Å². The van der Waals surface area contributed by atoms with Crippen LogP contribution in [0.1, 0.15) is 0 Å². The molecule has 0 atom stereocenters. The summed E-state index contributed by atoms with van der Waals surface area (Å²) in [6.07, 6.45) is 0. The monoisotopic (exact) mass is 696 g/mol. The van der Waals surface area contributed by atoms with Crippen LogP contribution in [-0.4, -0.2) is 4.57 Å². The van der Waals surface area contributed by atoms with Crippen LogP contribution in [0, 0.1) is 0 Å². The van der Waals surface area contributed by atoms with E-state index in [2.05, 4.69) is 155 Å². The van der Waals surface area contributed by atoms with Crippen molar-refractivity contribution in [3.63, 3.8) is 0 Å². The lowest BCUT2D eigenvalue weighted by Gasteiger charge is -2.33. The molecule has 0 saturated heterocycles. The standard InChI is InChI=1S/C48H28N2O2S/c1-4-16-37-31(11-1)36-27-29(23-25-38(36)49(37)41-18-9-14-34-32-12-2-6-20-43(32)51-47(34)41)30-24-26-40-46(28-30)53-45-22-8-5-17-39(45)50(40)42-19-10-15-35-33-13-3-7-21-44(33)52-48(35)42/h1-28H. The first kappa shape index (κ1) is 28.9. The molecule has 0 bridgehead atoms. The van der Waals surface area contributed by atoms with Crippen molar-refractivity contribution in [2.24, 2.45) is 0 Å². The first-order chi connectivity index (χ1) is 26.3. The van der Waals surface area contributed by atoms with E-state index in [4.69, 9.17) is 8.83 Å². The number of para-hydroxylation sites is 6. The Hall–Kier alpha value is -6.69. The van der Waals surface area contributed by atoms with Crippen LogP contribution >= 0.6 is 11.8 Å². The molecule has 5 heteroatoms. The van der Waals surface area contributed by atoms with Gasteiger partial charge in [0.15, 0.2) is 11.2 Å². The molecule has 0 amide bonds. The number of aromatic nitrogens is 1. The highest BCUT2D eigenvalue weighted by Crippen LogP contribution is 2.54. The molecule has 53 heavy (non-hydrogen) atoms. The number of nitrogens with zero attached hydrogens (tertiary/aromatic N) is 2. The van der Waals surface area contributed by atoms with Gasteiger partial charge < -0.3 is 18.3 Å². The van der Waals surface area contributed by atoms with Gasteiger partial charge in [0.25, 0.3) is 0 Å². The minimum atomic E-state index is 0.894. The van der Waals surface area contributed by atoms with Crippen molar-refractivity contribution in [3.8, 4) is 16.8 Å². The molecular formula is C48H28N2O2S. The summed E-state index contributed by atoms with van der Waals surface area (Å²) in [5.74, 6) is 0. The zero-order valence-corrected chi connectivity index (χ0v) is 29.1. The highest BCUT2D eigenvalue weighted by Gasteiger charge is 2.28. The molecule has 0 N–H and O–H groups in total. The van der Waals surface area contributed by atoms with E-state index in [1.165, 1.54) is 31.7 Å². The van der Waals surface area contributed by atoms with Gasteiger partial charge in [-0.15, -0.1) is 0 Å². The van der Waals surface area contributed by atoms with Crippen LogP contribution in [0.3, 0.4) is 0 Å². The lowest BCUT2D eigenvalue weighted by molar-refractivity contribution is 0.666. The molecule has 248 valence electrons. The molecule has 0 spiro atoms. The fourth-order valence-electron chi connectivity index (χ4n) is 8.42. The van der Waals surface area contributed by atoms with Crippen LogP contribution in [0.15, 0.2) is 188 Å². The molecule has 0 unspecified atom stereocenters. The van der Waals surface area contributed by atoms with Crippen LogP contribution < -0.4 is 4.90 Å². The molecule has 3 aromatic heterocycles. The zero-order chi connectivity index (χ0) is 34.6. The van der Waals surface area contributed by atoms with E-state index < -0.39 is 0 Å². The number of rotatable bonds is 3. The van der Waals surface area contributed by atoms with Crippen LogP contribution in [-0.2, 0) is 0 Å². The van der Waals surface area contributed by atoms with Gasteiger partial charge in [0.05, 0.1) is 33.8 Å². The van der Waals surface area contributed by atoms with E-state index in [1.807, 2.05) is 36.0 Å². The molecule has 0 saturated carbocycles. The van der Waals surface area contributed by atoms with Gasteiger partial charge in [0, 0.05) is 42.1 Å². The maximum absolute atomic E-state index is 6.55. The number of hydrogen-bond donors (Lipinski definition) is 0. The molecule has 1 aliphatic heterocycles. The molecule has 8 aromatic carbocycles. The summed E-state index contributed by atoms with van der Waals surface area (Å²) in [5, 5.41) is 6.93. The lowest BCUT2D eigenvalue weighted by Crippen LogP contribution is -2.15. The van der Waals surface area contributed by atoms with Crippen LogP contribution in [0.5, 0.6) is 0 Å². The summed E-state index contributed by atoms with van der Waals surface area (Å²) >= 11 is 1.82. The topological polar surface area (TPSA) is 34.5 Å². The molecule has 11 aromatic rings. The Bertz CT molecular complexity index is 3290. The Morgan fingerprint density at radius 1 is 0.358 bits per heavy atom. The number of anilines is 3. The van der Waals surface area contributed by atoms with Gasteiger partial charge in [-0.25, -0.2) is 0 Å². The van der Waals surface area contributed by atoms with Gasteiger partial charge in [0.2, 0.25) is 0 Å². The average molecular weight is 697 g/mol. The highest BCUT2D eigenvalue weighted by molar-refractivity contribution is 7.99. The number of fused-ring (bicyclic) bond motifs is 11. The van der Waals surface area contributed by atoms with Crippen LogP contribution in [0.2, 0.25) is 0 Å². The number of furan rings is 2. The van der Waals surface area contributed by atoms with Crippen molar-refractivity contribution in [3.05, 3.63) is 170 Å². The second-order valence-corrected chi connectivity index (χ2v) is 14.8. The third-order valence-electron chi connectivity index (χ3n) is 10.8. The molecule has 4 heterocycles. The SMILES string of the molecule is c1ccc2c(c1)Sc1cc(-c3ccc4c(c3)c3ccccc3n4-c3cccc4c3oc3ccccc34)ccc1N2c1cccc2c1oc1ccccc12. The third kappa shape index (κ3) is 4.14. The predicted molar refractivity (Wildman–Crippen MR) is 220 cm³/mol. The van der Waals surface area contributed by atoms with Gasteiger partial charge in [-0.2, -0.15) is 0 Å². The average Bonchev–Trinajstić information content (AvgIpc) is 3.89. The fraction of sp³-hybridized carbons (Fsp3) is 0. The van der Waals surface area contributed by atoms with Gasteiger partial charge in [-0.1, -0.05) is 115 Å². The number of hydrogen-bond acceptors (Lipinski definition) is 4. The third-order valence-corrected chi connectivity index (χ3v) is 11.9. The van der Waals surface area contributed by atoms with E-state index in [0.717, 1.165) is 77.7 Å². The fourth-order valence-corrected chi connectivity index (χ4v) is 9.52. The summed E-state index contributed by atoms with van der Waals surface area (Å²) in [5.41, 5.74) is 12.6. The first-order valence-electron chi connectivity index (χ1n) is 17.8. The normalized spacial score (nSPS) is 12.8. The van der Waals surface area contributed by atoms with Crippen molar-refractivity contribution in [2.75, 3.05) is 4.90 Å². The maximum atomic E-state index is 6.55. The summed E-state index contributed by atoms with van der Waals surface area (Å²) in [6.45, 7) is 0. The largest absolute Gasteiger partial charge is 0.454 e. The van der Waals surface area contributed by atoms with Gasteiger partial charge >= 0.3 is 0 Å². The summed E-state index contributed by atoms with van der Waals surface area (Å²) < 4.78 is 15.4. The van der Waals surface area contributed by atoms with E-state index in [-0.39, 0.29) is 0 Å². The van der Waals surface area contributed by atoms with Crippen molar-refractivity contribution in [2.45, 2.75) is 9.79 Å². The highest BCUT2D eigenvalue weighted by atomic mass is 32.2. The van der Waals surface area contributed by atoms with E-state index >= 15 is 0 Å². The maximum Gasteiger partial charge on any atom is 0.159 e. The molecule has 4 nitrogen and oxygen atoms in total. The molecule has 0 radical (unpaired) electrons. The quantitative estimate of drug-likeness (QED) is 0.184. The molecular weight excluding hydrogens is 669 g/mol. The van der Waals surface area contributed by atoms with Crippen molar-refractivity contribution in [1.82, 2.24) is 4.57 Å². The van der Waals surface area contributed by atoms with Crippen LogP contribution in [0.4, 0.5) is 17.1 Å². The first-order valence-corrected chi connectivity index (χ1v) is 18.7. The van der Waals surface area contributed by atoms with Gasteiger partial charge in [-0.05, 0) is 77.9 Å². The van der Waals surface area contributed by atoms with Crippen LogP contribution in [0.25, 0.3) is 82.5 Å². The Balaban J connectivity index is 1.03. The Morgan fingerprint density at radius 2 is 0.906 bits per heavy atom. The molecule has 1 aliphatic rings. The van der Waals surface area contributed by atoms with E-state index in [9.17, 15) is 0 Å². The smallest absolute Gasteiger partial charge is 0.159 e. The summed E-state index contributed by atoms with van der Waals surface area (Å²) in [7, 11) is 0. The minimum absolute atomic E-state index is 0.894. The van der Waals surface area contributed by atoms with Crippen molar-refractivity contribution >= 4 is 94.5 Å². The Morgan fingerprint density at radius 3 is 1.70 bits per heavy atom. The second-order valence-electron chi connectivity index (χ2n) is 13.7. The minimum Gasteiger partial charge on any atom is -0.454 e. The number of benzene rings is 8. The Kier molecular flexibility index (Phi) is 5.96. The lowest BCUT2D eigenvalue weighted by atomic mass is 10.0. The zero-order valence-electron chi connectivity index (χ0n) is 28.3. The van der Waals surface area contributed by atoms with E-state index in [1.54, 1.807) is 0 Å². The molecule has 0 fully saturated rings. The second kappa shape index (κ2) is 10.9. The summed E-state index contributed by atoms with van der Waals surface area (Å²) in [6, 6.07) is 60.6. The predicted octanol–water partition coefficient (Wildman–Crippen LogP) is 14.2. The van der Waals surface area contributed by atoms with Crippen molar-refractivity contribution < 1.29 is 8.83 Å². The van der Waals surface area contributed by atoms with Crippen molar-refractivity contribution in [1.29, 1.82) is 0 Å². The molecule has 12 rings (SSSR count). The van der Waals surface area contributed by atoms with Gasteiger partial charge in [-0.3, -0.25) is 0 Å².